The molecule has 0 saturated heterocycles. The molecule has 3 aromatic rings. The summed E-state index contributed by atoms with van der Waals surface area (Å²) in [6.45, 7) is 6.57. The molecule has 31 heavy (non-hydrogen) atoms. The molecule has 0 amide bonds. The maximum absolute atomic E-state index is 12.9. The minimum absolute atomic E-state index is 0.0896. The van der Waals surface area contributed by atoms with Gasteiger partial charge in [-0.05, 0) is 65.6 Å². The van der Waals surface area contributed by atoms with E-state index < -0.39 is 17.0 Å². The van der Waals surface area contributed by atoms with Crippen molar-refractivity contribution in [1.82, 2.24) is 0 Å². The molecule has 1 unspecified atom stereocenters. The average molecular weight is 436 g/mol. The van der Waals surface area contributed by atoms with Gasteiger partial charge < -0.3 is 9.83 Å². The first kappa shape index (κ1) is 22.8. The number of aryl methyl sites for hydroxylation is 2. The van der Waals surface area contributed by atoms with Crippen LogP contribution in [0, 0.1) is 0 Å². The number of nitrogens with one attached hydrogen (secondary N) is 1. The Morgan fingerprint density at radius 3 is 2.13 bits per heavy atom. The smallest absolute Gasteiger partial charge is 0.335 e. The third-order valence-corrected chi connectivity index (χ3v) is 6.97. The largest absolute Gasteiger partial charge is 0.478 e. The number of hydrogen-bond donors (Lipinski definition) is 2. The molecule has 4 nitrogen and oxygen atoms in total. The highest BCUT2D eigenvalue weighted by Gasteiger charge is 2.18. The zero-order valence-electron chi connectivity index (χ0n) is 18.2. The lowest BCUT2D eigenvalue weighted by Crippen LogP contribution is -2.15. The van der Waals surface area contributed by atoms with E-state index in [0.29, 0.717) is 18.4 Å². The van der Waals surface area contributed by atoms with Gasteiger partial charge in [0.25, 0.3) is 0 Å². The Morgan fingerprint density at radius 2 is 1.48 bits per heavy atom. The molecule has 0 heterocycles. The Balaban J connectivity index is 1.74. The van der Waals surface area contributed by atoms with E-state index in [1.54, 1.807) is 12.1 Å². The minimum atomic E-state index is -1.39. The molecule has 0 saturated carbocycles. The maximum Gasteiger partial charge on any atom is 0.335 e. The first-order valence-electron chi connectivity index (χ1n) is 10.5. The van der Waals surface area contributed by atoms with Crippen molar-refractivity contribution in [3.8, 4) is 0 Å². The van der Waals surface area contributed by atoms with E-state index >= 15 is 0 Å². The van der Waals surface area contributed by atoms with Crippen molar-refractivity contribution in [2.75, 3.05) is 4.72 Å². The van der Waals surface area contributed by atoms with Gasteiger partial charge in [-0.1, -0.05) is 69.3 Å². The molecule has 0 aromatic heterocycles. The van der Waals surface area contributed by atoms with Gasteiger partial charge in [0.1, 0.15) is 11.0 Å². The predicted molar refractivity (Wildman–Crippen MR) is 127 cm³/mol. The molecule has 5 heteroatoms. The van der Waals surface area contributed by atoms with Gasteiger partial charge in [-0.25, -0.2) is 9.00 Å². The number of carboxylic acid groups (broad SMARTS) is 1. The molecule has 3 rings (SSSR count). The fourth-order valence-corrected chi connectivity index (χ4v) is 4.35. The van der Waals surface area contributed by atoms with Crippen LogP contribution in [0.25, 0.3) is 0 Å². The lowest BCUT2D eigenvalue weighted by molar-refractivity contribution is 0.0695. The van der Waals surface area contributed by atoms with Gasteiger partial charge in [0.15, 0.2) is 0 Å². The summed E-state index contributed by atoms with van der Waals surface area (Å²) in [6, 6.07) is 22.7. The zero-order chi connectivity index (χ0) is 22.4. The molecular formula is C26H29NO3S. The van der Waals surface area contributed by atoms with Crippen LogP contribution in [0.5, 0.6) is 0 Å². The number of para-hydroxylation sites is 1. The normalized spacial score (nSPS) is 12.4. The Kier molecular flexibility index (Phi) is 7.29. The SMILES string of the molecule is CCC(C)(C)c1ccc(S(=O)Nc2ccccc2CCc2ccccc2C(=O)O)cc1. The Bertz CT molecular complexity index is 1070. The highest BCUT2D eigenvalue weighted by molar-refractivity contribution is 7.86. The standard InChI is InChI=1S/C26H29NO3S/c1-4-26(2,3)21-15-17-22(18-16-21)31(30)27-24-12-8-6-10-20(24)14-13-19-9-5-7-11-23(19)25(28)29/h5-12,15-18,27H,4,13-14H2,1-3H3,(H,28,29). The molecule has 0 spiro atoms. The van der Waals surface area contributed by atoms with E-state index in [2.05, 4.69) is 25.5 Å². The van der Waals surface area contributed by atoms with Crippen LogP contribution < -0.4 is 4.72 Å². The number of carbonyl (C=O) groups is 1. The van der Waals surface area contributed by atoms with E-state index in [4.69, 9.17) is 0 Å². The van der Waals surface area contributed by atoms with Crippen LogP contribution in [0.15, 0.2) is 77.7 Å². The third kappa shape index (κ3) is 5.61. The molecule has 1 atom stereocenters. The third-order valence-electron chi connectivity index (χ3n) is 5.87. The van der Waals surface area contributed by atoms with E-state index in [1.807, 2.05) is 60.7 Å². The summed E-state index contributed by atoms with van der Waals surface area (Å²) in [5.74, 6) is -0.919. The number of aromatic carboxylic acids is 1. The number of benzene rings is 3. The molecule has 0 radical (unpaired) electrons. The molecule has 0 aliphatic carbocycles. The van der Waals surface area contributed by atoms with Gasteiger partial charge in [-0.15, -0.1) is 0 Å². The topological polar surface area (TPSA) is 66.4 Å². The number of rotatable bonds is 9. The van der Waals surface area contributed by atoms with Gasteiger partial charge in [0.05, 0.1) is 10.5 Å². The Morgan fingerprint density at radius 1 is 0.903 bits per heavy atom. The second kappa shape index (κ2) is 9.92. The molecule has 0 aliphatic rings. The molecule has 0 bridgehead atoms. The van der Waals surface area contributed by atoms with Crippen LogP contribution in [0.1, 0.15) is 54.2 Å². The van der Waals surface area contributed by atoms with Gasteiger partial charge in [0.2, 0.25) is 0 Å². The maximum atomic E-state index is 12.9. The zero-order valence-corrected chi connectivity index (χ0v) is 19.0. The fourth-order valence-electron chi connectivity index (χ4n) is 3.45. The molecule has 162 valence electrons. The molecule has 3 aromatic carbocycles. The van der Waals surface area contributed by atoms with Crippen LogP contribution in [-0.4, -0.2) is 15.3 Å². The quantitative estimate of drug-likeness (QED) is 0.434. The van der Waals surface area contributed by atoms with Crippen LogP contribution in [0.2, 0.25) is 0 Å². The van der Waals surface area contributed by atoms with E-state index in [9.17, 15) is 14.1 Å². The van der Waals surface area contributed by atoms with E-state index in [-0.39, 0.29) is 5.41 Å². The molecule has 0 aliphatic heterocycles. The molecule has 0 fully saturated rings. The molecular weight excluding hydrogens is 406 g/mol. The lowest BCUT2D eigenvalue weighted by atomic mass is 9.82. The van der Waals surface area contributed by atoms with Crippen molar-refractivity contribution in [2.24, 2.45) is 0 Å². The van der Waals surface area contributed by atoms with Crippen LogP contribution in [0.4, 0.5) is 5.69 Å². The van der Waals surface area contributed by atoms with Crippen molar-refractivity contribution in [2.45, 2.75) is 50.3 Å². The summed E-state index contributed by atoms with van der Waals surface area (Å²) >= 11 is 0. The van der Waals surface area contributed by atoms with Crippen molar-refractivity contribution >= 4 is 22.6 Å². The average Bonchev–Trinajstić information content (AvgIpc) is 2.78. The molecule has 2 N–H and O–H groups in total. The minimum Gasteiger partial charge on any atom is -0.478 e. The fraction of sp³-hybridized carbons (Fsp3) is 0.269. The number of anilines is 1. The van der Waals surface area contributed by atoms with E-state index in [0.717, 1.165) is 28.1 Å². The Labute approximate surface area is 186 Å². The van der Waals surface area contributed by atoms with Crippen LogP contribution >= 0.6 is 0 Å². The highest BCUT2D eigenvalue weighted by Crippen LogP contribution is 2.28. The summed E-state index contributed by atoms with van der Waals surface area (Å²) in [4.78, 5) is 12.2. The van der Waals surface area contributed by atoms with Gasteiger partial charge in [0, 0.05) is 5.69 Å². The highest BCUT2D eigenvalue weighted by atomic mass is 32.2. The van der Waals surface area contributed by atoms with Crippen LogP contribution in [0.3, 0.4) is 0 Å². The van der Waals surface area contributed by atoms with Crippen molar-refractivity contribution in [1.29, 1.82) is 0 Å². The van der Waals surface area contributed by atoms with Gasteiger partial charge >= 0.3 is 5.97 Å². The van der Waals surface area contributed by atoms with Crippen molar-refractivity contribution in [3.05, 3.63) is 95.1 Å². The lowest BCUT2D eigenvalue weighted by Gasteiger charge is -2.23. The number of hydrogen-bond acceptors (Lipinski definition) is 2. The second-order valence-corrected chi connectivity index (χ2v) is 9.47. The van der Waals surface area contributed by atoms with Gasteiger partial charge in [-0.2, -0.15) is 0 Å². The predicted octanol–water partition coefficient (Wildman–Crippen LogP) is 5.99. The summed E-state index contributed by atoms with van der Waals surface area (Å²) in [5.41, 5.74) is 4.23. The number of carboxylic acids is 1. The summed E-state index contributed by atoms with van der Waals surface area (Å²) < 4.78 is 16.1. The van der Waals surface area contributed by atoms with Gasteiger partial charge in [-0.3, -0.25) is 0 Å². The monoisotopic (exact) mass is 435 g/mol. The second-order valence-electron chi connectivity index (χ2n) is 8.25. The van der Waals surface area contributed by atoms with Crippen molar-refractivity contribution in [3.63, 3.8) is 0 Å². The first-order valence-corrected chi connectivity index (χ1v) is 11.6. The first-order chi connectivity index (χ1) is 14.8. The summed E-state index contributed by atoms with van der Waals surface area (Å²) in [5, 5.41) is 9.40. The Hall–Kier alpha value is -2.92. The van der Waals surface area contributed by atoms with Crippen LogP contribution in [-0.2, 0) is 29.2 Å². The summed E-state index contributed by atoms with van der Waals surface area (Å²) in [6.07, 6.45) is 2.27. The van der Waals surface area contributed by atoms with Crippen molar-refractivity contribution < 1.29 is 14.1 Å². The summed E-state index contributed by atoms with van der Waals surface area (Å²) in [7, 11) is -1.39. The van der Waals surface area contributed by atoms with E-state index in [1.165, 1.54) is 5.56 Å².